The minimum absolute atomic E-state index is 0.126. The normalized spacial score (nSPS) is 10.6. The van der Waals surface area contributed by atoms with Gasteiger partial charge in [-0.3, -0.25) is 4.79 Å². The van der Waals surface area contributed by atoms with Gasteiger partial charge in [-0.25, -0.2) is 5.43 Å². The van der Waals surface area contributed by atoms with Crippen molar-refractivity contribution >= 4 is 49.7 Å². The summed E-state index contributed by atoms with van der Waals surface area (Å²) in [7, 11) is 0. The highest BCUT2D eigenvalue weighted by atomic mass is 79.9. The molecule has 7 heteroatoms. The molecule has 1 amide bonds. The van der Waals surface area contributed by atoms with E-state index in [4.69, 9.17) is 4.74 Å². The molecule has 2 aromatic carbocycles. The molecule has 0 heterocycles. The van der Waals surface area contributed by atoms with Crippen LogP contribution in [0.2, 0.25) is 0 Å². The molecule has 0 spiro atoms. The Labute approximate surface area is 157 Å². The van der Waals surface area contributed by atoms with E-state index in [9.17, 15) is 4.79 Å². The second kappa shape index (κ2) is 9.44. The lowest BCUT2D eigenvalue weighted by Gasteiger charge is -2.07. The molecule has 0 bridgehead atoms. The standard InChI is InChI=1S/C17H17Br2N3O2/c1-2-24-14-6-3-12(4-7-14)10-21-22-17(23)11-20-16-8-5-13(18)9-15(16)19/h3-10,20H,2,11H2,1H3,(H,22,23)/b21-10-. The molecule has 24 heavy (non-hydrogen) atoms. The fraction of sp³-hybridized carbons (Fsp3) is 0.176. The van der Waals surface area contributed by atoms with Gasteiger partial charge < -0.3 is 10.1 Å². The molecular weight excluding hydrogens is 438 g/mol. The molecular formula is C17H17Br2N3O2. The quantitative estimate of drug-likeness (QED) is 0.487. The molecule has 0 aliphatic rings. The predicted octanol–water partition coefficient (Wildman–Crippen LogP) is 4.17. The van der Waals surface area contributed by atoms with Gasteiger partial charge in [-0.1, -0.05) is 15.9 Å². The first-order valence-corrected chi connectivity index (χ1v) is 8.90. The SMILES string of the molecule is CCOc1ccc(/C=N\NC(=O)CNc2ccc(Br)cc2Br)cc1. The summed E-state index contributed by atoms with van der Waals surface area (Å²) in [6, 6.07) is 13.2. The molecule has 0 saturated heterocycles. The van der Waals surface area contributed by atoms with Crippen LogP contribution < -0.4 is 15.5 Å². The van der Waals surface area contributed by atoms with Crippen molar-refractivity contribution < 1.29 is 9.53 Å². The van der Waals surface area contributed by atoms with E-state index in [1.165, 1.54) is 0 Å². The second-order valence-corrected chi connectivity index (χ2v) is 6.54. The summed E-state index contributed by atoms with van der Waals surface area (Å²) in [5, 5.41) is 6.98. The second-order valence-electron chi connectivity index (χ2n) is 4.77. The summed E-state index contributed by atoms with van der Waals surface area (Å²) in [5.74, 6) is 0.579. The van der Waals surface area contributed by atoms with Crippen molar-refractivity contribution in [2.24, 2.45) is 5.10 Å². The van der Waals surface area contributed by atoms with E-state index in [-0.39, 0.29) is 12.5 Å². The van der Waals surface area contributed by atoms with Crippen LogP contribution in [0.4, 0.5) is 5.69 Å². The molecule has 0 aliphatic heterocycles. The van der Waals surface area contributed by atoms with Crippen LogP contribution in [-0.4, -0.2) is 25.3 Å². The van der Waals surface area contributed by atoms with E-state index in [0.29, 0.717) is 6.61 Å². The zero-order valence-electron chi connectivity index (χ0n) is 13.1. The molecule has 2 N–H and O–H groups in total. The van der Waals surface area contributed by atoms with Crippen molar-refractivity contribution in [2.75, 3.05) is 18.5 Å². The van der Waals surface area contributed by atoms with Gasteiger partial charge in [-0.15, -0.1) is 0 Å². The maximum atomic E-state index is 11.8. The number of hydrazone groups is 1. The lowest BCUT2D eigenvalue weighted by Crippen LogP contribution is -2.26. The highest BCUT2D eigenvalue weighted by Crippen LogP contribution is 2.25. The van der Waals surface area contributed by atoms with Crippen LogP contribution in [0.25, 0.3) is 0 Å². The molecule has 0 fully saturated rings. The smallest absolute Gasteiger partial charge is 0.259 e. The van der Waals surface area contributed by atoms with Crippen LogP contribution in [0.5, 0.6) is 5.75 Å². The van der Waals surface area contributed by atoms with Gasteiger partial charge in [0.1, 0.15) is 5.75 Å². The fourth-order valence-electron chi connectivity index (χ4n) is 1.84. The van der Waals surface area contributed by atoms with Gasteiger partial charge >= 0.3 is 0 Å². The molecule has 0 saturated carbocycles. The molecule has 0 unspecified atom stereocenters. The zero-order valence-corrected chi connectivity index (χ0v) is 16.2. The third-order valence-corrected chi connectivity index (χ3v) is 4.11. The number of anilines is 1. The summed E-state index contributed by atoms with van der Waals surface area (Å²) in [4.78, 5) is 11.8. The first-order chi connectivity index (χ1) is 11.6. The van der Waals surface area contributed by atoms with Gasteiger partial charge in [0.15, 0.2) is 0 Å². The average Bonchev–Trinajstić information content (AvgIpc) is 2.56. The van der Waals surface area contributed by atoms with E-state index in [0.717, 1.165) is 25.9 Å². The number of nitrogens with one attached hydrogen (secondary N) is 2. The maximum absolute atomic E-state index is 11.8. The van der Waals surface area contributed by atoms with Crippen molar-refractivity contribution in [1.82, 2.24) is 5.43 Å². The monoisotopic (exact) mass is 453 g/mol. The fourth-order valence-corrected chi connectivity index (χ4v) is 3.03. The number of rotatable bonds is 7. The lowest BCUT2D eigenvalue weighted by atomic mass is 10.2. The zero-order chi connectivity index (χ0) is 17.4. The Morgan fingerprint density at radius 3 is 2.62 bits per heavy atom. The minimum Gasteiger partial charge on any atom is -0.494 e. The summed E-state index contributed by atoms with van der Waals surface area (Å²) in [5.41, 5.74) is 4.20. The lowest BCUT2D eigenvalue weighted by molar-refractivity contribution is -0.119. The van der Waals surface area contributed by atoms with Gasteiger partial charge in [-0.05, 0) is 70.9 Å². The van der Waals surface area contributed by atoms with Crippen LogP contribution in [-0.2, 0) is 4.79 Å². The summed E-state index contributed by atoms with van der Waals surface area (Å²) in [6.45, 7) is 2.69. The van der Waals surface area contributed by atoms with E-state index < -0.39 is 0 Å². The van der Waals surface area contributed by atoms with Crippen molar-refractivity contribution in [1.29, 1.82) is 0 Å². The van der Waals surface area contributed by atoms with Gasteiger partial charge in [0, 0.05) is 14.6 Å². The largest absolute Gasteiger partial charge is 0.494 e. The van der Waals surface area contributed by atoms with E-state index >= 15 is 0 Å². The highest BCUT2D eigenvalue weighted by Gasteiger charge is 2.03. The van der Waals surface area contributed by atoms with Crippen LogP contribution in [0, 0.1) is 0 Å². The van der Waals surface area contributed by atoms with E-state index in [1.54, 1.807) is 6.21 Å². The number of hydrogen-bond donors (Lipinski definition) is 2. The predicted molar refractivity (Wildman–Crippen MR) is 104 cm³/mol. The molecule has 2 aromatic rings. The molecule has 5 nitrogen and oxygen atoms in total. The van der Waals surface area contributed by atoms with E-state index in [1.807, 2.05) is 49.4 Å². The van der Waals surface area contributed by atoms with Gasteiger partial charge in [0.25, 0.3) is 5.91 Å². The molecule has 0 radical (unpaired) electrons. The van der Waals surface area contributed by atoms with Gasteiger partial charge in [0.2, 0.25) is 0 Å². The summed E-state index contributed by atoms with van der Waals surface area (Å²) in [6.07, 6.45) is 1.59. The number of amides is 1. The minimum atomic E-state index is -0.230. The Morgan fingerprint density at radius 1 is 1.21 bits per heavy atom. The third-order valence-electron chi connectivity index (χ3n) is 2.96. The van der Waals surface area contributed by atoms with Crippen molar-refractivity contribution in [3.8, 4) is 5.75 Å². The van der Waals surface area contributed by atoms with Crippen LogP contribution in [0.15, 0.2) is 56.5 Å². The van der Waals surface area contributed by atoms with Crippen LogP contribution in [0.1, 0.15) is 12.5 Å². The van der Waals surface area contributed by atoms with Crippen molar-refractivity contribution in [3.05, 3.63) is 57.0 Å². The Bertz CT molecular complexity index is 718. The Morgan fingerprint density at radius 2 is 1.96 bits per heavy atom. The van der Waals surface area contributed by atoms with Crippen molar-refractivity contribution in [2.45, 2.75) is 6.92 Å². The molecule has 0 atom stereocenters. The number of carbonyl (C=O) groups excluding carboxylic acids is 1. The number of benzene rings is 2. The third kappa shape index (κ3) is 5.98. The first kappa shape index (κ1) is 18.5. The molecule has 0 aromatic heterocycles. The van der Waals surface area contributed by atoms with Gasteiger partial charge in [-0.2, -0.15) is 5.10 Å². The van der Waals surface area contributed by atoms with E-state index in [2.05, 4.69) is 47.7 Å². The Hall–Kier alpha value is -1.86. The van der Waals surface area contributed by atoms with Crippen LogP contribution in [0.3, 0.4) is 0 Å². The number of nitrogens with zero attached hydrogens (tertiary/aromatic N) is 1. The molecule has 0 aliphatic carbocycles. The maximum Gasteiger partial charge on any atom is 0.259 e. The molecule has 126 valence electrons. The number of ether oxygens (including phenoxy) is 1. The Kier molecular flexibility index (Phi) is 7.27. The van der Waals surface area contributed by atoms with Crippen molar-refractivity contribution in [3.63, 3.8) is 0 Å². The highest BCUT2D eigenvalue weighted by molar-refractivity contribution is 9.11. The number of carbonyl (C=O) groups is 1. The average molecular weight is 455 g/mol. The summed E-state index contributed by atoms with van der Waals surface area (Å²) < 4.78 is 7.20. The first-order valence-electron chi connectivity index (χ1n) is 7.32. The van der Waals surface area contributed by atoms with Gasteiger partial charge in [0.05, 0.1) is 19.4 Å². The van der Waals surface area contributed by atoms with Crippen LogP contribution >= 0.6 is 31.9 Å². The number of hydrogen-bond acceptors (Lipinski definition) is 4. The summed E-state index contributed by atoms with van der Waals surface area (Å²) >= 11 is 6.81. The number of halogens is 2. The molecule has 2 rings (SSSR count). The Balaban J connectivity index is 1.80. The topological polar surface area (TPSA) is 62.7 Å².